The van der Waals surface area contributed by atoms with Crippen molar-refractivity contribution in [3.05, 3.63) is 48.3 Å². The molecule has 1 aromatic heterocycles. The van der Waals surface area contributed by atoms with Crippen LogP contribution in [-0.2, 0) is 11.3 Å². The van der Waals surface area contributed by atoms with E-state index in [1.165, 1.54) is 0 Å². The van der Waals surface area contributed by atoms with E-state index >= 15 is 0 Å². The maximum atomic E-state index is 11.8. The van der Waals surface area contributed by atoms with Crippen molar-refractivity contribution in [2.24, 2.45) is 0 Å². The monoisotopic (exact) mass is 343 g/mol. The van der Waals surface area contributed by atoms with Crippen molar-refractivity contribution in [3.63, 3.8) is 0 Å². The highest BCUT2D eigenvalue weighted by molar-refractivity contribution is 5.89. The van der Waals surface area contributed by atoms with Crippen molar-refractivity contribution < 1.29 is 9.59 Å². The SMILES string of the molecule is CC[C@@H](C)NC(=O)CCNC(=O)Nc1ccc(Cn2cccn2)cc1. The average molecular weight is 343 g/mol. The highest BCUT2D eigenvalue weighted by atomic mass is 16.2. The summed E-state index contributed by atoms with van der Waals surface area (Å²) in [5, 5.41) is 12.4. The Morgan fingerprint density at radius 3 is 2.64 bits per heavy atom. The Bertz CT molecular complexity index is 667. The van der Waals surface area contributed by atoms with E-state index in [4.69, 9.17) is 0 Å². The topological polar surface area (TPSA) is 88.0 Å². The maximum absolute atomic E-state index is 11.8. The molecule has 2 rings (SSSR count). The summed E-state index contributed by atoms with van der Waals surface area (Å²) in [6.07, 6.45) is 4.79. The zero-order valence-electron chi connectivity index (χ0n) is 14.7. The number of nitrogens with zero attached hydrogens (tertiary/aromatic N) is 2. The summed E-state index contributed by atoms with van der Waals surface area (Å²) in [6.45, 7) is 4.95. The lowest BCUT2D eigenvalue weighted by Crippen LogP contribution is -2.36. The molecule has 1 atom stereocenters. The van der Waals surface area contributed by atoms with Crippen molar-refractivity contribution >= 4 is 17.6 Å². The van der Waals surface area contributed by atoms with Gasteiger partial charge in [-0.1, -0.05) is 19.1 Å². The smallest absolute Gasteiger partial charge is 0.319 e. The van der Waals surface area contributed by atoms with Crippen LogP contribution in [0.3, 0.4) is 0 Å². The highest BCUT2D eigenvalue weighted by Crippen LogP contribution is 2.10. The van der Waals surface area contributed by atoms with Crippen molar-refractivity contribution in [1.82, 2.24) is 20.4 Å². The normalized spacial score (nSPS) is 11.6. The number of benzene rings is 1. The zero-order chi connectivity index (χ0) is 18.1. The van der Waals surface area contributed by atoms with E-state index in [2.05, 4.69) is 21.0 Å². The quantitative estimate of drug-likeness (QED) is 0.687. The fraction of sp³-hybridized carbons (Fsp3) is 0.389. The highest BCUT2D eigenvalue weighted by Gasteiger charge is 2.07. The van der Waals surface area contributed by atoms with Gasteiger partial charge in [-0.15, -0.1) is 0 Å². The van der Waals surface area contributed by atoms with Gasteiger partial charge in [0, 0.05) is 37.1 Å². The lowest BCUT2D eigenvalue weighted by atomic mass is 10.2. The molecule has 0 aliphatic heterocycles. The summed E-state index contributed by atoms with van der Waals surface area (Å²) in [7, 11) is 0. The van der Waals surface area contributed by atoms with Crippen LogP contribution in [-0.4, -0.2) is 34.3 Å². The molecule has 1 heterocycles. The molecule has 7 nitrogen and oxygen atoms in total. The van der Waals surface area contributed by atoms with Gasteiger partial charge in [0.1, 0.15) is 0 Å². The molecule has 0 saturated heterocycles. The number of anilines is 1. The number of amides is 3. The number of carbonyl (C=O) groups is 2. The van der Waals surface area contributed by atoms with Crippen molar-refractivity contribution in [2.45, 2.75) is 39.3 Å². The minimum atomic E-state index is -0.323. The second kappa shape index (κ2) is 9.46. The molecule has 0 fully saturated rings. The van der Waals surface area contributed by atoms with Gasteiger partial charge in [-0.25, -0.2) is 4.79 Å². The number of aromatic nitrogens is 2. The van der Waals surface area contributed by atoms with Gasteiger partial charge in [-0.2, -0.15) is 5.10 Å². The predicted molar refractivity (Wildman–Crippen MR) is 97.3 cm³/mol. The van der Waals surface area contributed by atoms with Crippen LogP contribution in [0.4, 0.5) is 10.5 Å². The van der Waals surface area contributed by atoms with Gasteiger partial charge >= 0.3 is 6.03 Å². The van der Waals surface area contributed by atoms with Crippen LogP contribution in [0.2, 0.25) is 0 Å². The minimum absolute atomic E-state index is 0.0578. The van der Waals surface area contributed by atoms with Crippen LogP contribution in [0.1, 0.15) is 32.3 Å². The molecule has 2 aromatic rings. The third-order valence-electron chi connectivity index (χ3n) is 3.77. The molecule has 0 aliphatic rings. The molecule has 7 heteroatoms. The Balaban J connectivity index is 1.70. The van der Waals surface area contributed by atoms with Gasteiger partial charge in [0.2, 0.25) is 5.91 Å². The molecule has 0 unspecified atom stereocenters. The van der Waals surface area contributed by atoms with Gasteiger partial charge in [0.05, 0.1) is 6.54 Å². The van der Waals surface area contributed by atoms with E-state index in [0.717, 1.165) is 12.0 Å². The molecule has 0 bridgehead atoms. The summed E-state index contributed by atoms with van der Waals surface area (Å²) in [5.74, 6) is -0.0578. The van der Waals surface area contributed by atoms with Crippen LogP contribution < -0.4 is 16.0 Å². The summed E-state index contributed by atoms with van der Waals surface area (Å²) in [6, 6.07) is 9.27. The Morgan fingerprint density at radius 2 is 2.00 bits per heavy atom. The molecule has 25 heavy (non-hydrogen) atoms. The number of carbonyl (C=O) groups excluding carboxylic acids is 2. The first-order chi connectivity index (χ1) is 12.1. The molecule has 0 radical (unpaired) electrons. The molecular weight excluding hydrogens is 318 g/mol. The van der Waals surface area contributed by atoms with Crippen LogP contribution in [0.25, 0.3) is 0 Å². The Kier molecular flexibility index (Phi) is 7.00. The fourth-order valence-corrected chi connectivity index (χ4v) is 2.19. The summed E-state index contributed by atoms with van der Waals surface area (Å²) < 4.78 is 1.83. The number of nitrogens with one attached hydrogen (secondary N) is 3. The predicted octanol–water partition coefficient (Wildman–Crippen LogP) is 2.36. The van der Waals surface area contributed by atoms with Gasteiger partial charge in [-0.05, 0) is 37.1 Å². The van der Waals surface area contributed by atoms with E-state index in [9.17, 15) is 9.59 Å². The summed E-state index contributed by atoms with van der Waals surface area (Å²) >= 11 is 0. The van der Waals surface area contributed by atoms with Gasteiger partial charge in [-0.3, -0.25) is 9.48 Å². The molecule has 0 spiro atoms. The van der Waals surface area contributed by atoms with Gasteiger partial charge in [0.15, 0.2) is 0 Å². The zero-order valence-corrected chi connectivity index (χ0v) is 14.7. The second-order valence-electron chi connectivity index (χ2n) is 5.91. The number of hydrogen-bond donors (Lipinski definition) is 3. The standard InChI is InChI=1S/C18H25N5O2/c1-3-14(2)21-17(24)9-11-19-18(25)22-16-7-5-15(6-8-16)13-23-12-4-10-20-23/h4-8,10,12,14H,3,9,11,13H2,1-2H3,(H,21,24)(H2,19,22,25)/t14-/m1/s1. The van der Waals surface area contributed by atoms with Crippen LogP contribution >= 0.6 is 0 Å². The first kappa shape index (κ1) is 18.5. The van der Waals surface area contributed by atoms with Crippen molar-refractivity contribution in [1.29, 1.82) is 0 Å². The fourth-order valence-electron chi connectivity index (χ4n) is 2.19. The first-order valence-electron chi connectivity index (χ1n) is 8.47. The third-order valence-corrected chi connectivity index (χ3v) is 3.77. The lowest BCUT2D eigenvalue weighted by Gasteiger charge is -2.12. The minimum Gasteiger partial charge on any atom is -0.354 e. The van der Waals surface area contributed by atoms with Crippen LogP contribution in [0.15, 0.2) is 42.7 Å². The van der Waals surface area contributed by atoms with E-state index < -0.39 is 0 Å². The molecule has 3 amide bonds. The Labute approximate surface area is 147 Å². The van der Waals surface area contributed by atoms with E-state index in [1.54, 1.807) is 6.20 Å². The summed E-state index contributed by atoms with van der Waals surface area (Å²) in [4.78, 5) is 23.5. The van der Waals surface area contributed by atoms with Gasteiger partial charge in [0.25, 0.3) is 0 Å². The second-order valence-corrected chi connectivity index (χ2v) is 5.91. The molecule has 0 saturated carbocycles. The number of urea groups is 1. The van der Waals surface area contributed by atoms with Crippen LogP contribution in [0.5, 0.6) is 0 Å². The molecule has 134 valence electrons. The van der Waals surface area contributed by atoms with E-state index in [0.29, 0.717) is 18.8 Å². The molecule has 3 N–H and O–H groups in total. The summed E-state index contributed by atoms with van der Waals surface area (Å²) in [5.41, 5.74) is 1.79. The largest absolute Gasteiger partial charge is 0.354 e. The van der Waals surface area contributed by atoms with E-state index in [-0.39, 0.29) is 24.4 Å². The van der Waals surface area contributed by atoms with Crippen molar-refractivity contribution in [3.8, 4) is 0 Å². The maximum Gasteiger partial charge on any atom is 0.319 e. The Morgan fingerprint density at radius 1 is 1.24 bits per heavy atom. The van der Waals surface area contributed by atoms with Crippen LogP contribution in [0, 0.1) is 0 Å². The molecule has 0 aliphatic carbocycles. The molecular formula is C18H25N5O2. The number of rotatable bonds is 8. The first-order valence-corrected chi connectivity index (χ1v) is 8.47. The van der Waals surface area contributed by atoms with E-state index in [1.807, 2.05) is 55.1 Å². The van der Waals surface area contributed by atoms with Crippen molar-refractivity contribution in [2.75, 3.05) is 11.9 Å². The lowest BCUT2D eigenvalue weighted by molar-refractivity contribution is -0.121. The third kappa shape index (κ3) is 6.66. The van der Waals surface area contributed by atoms with Gasteiger partial charge < -0.3 is 16.0 Å². The molecule has 1 aromatic carbocycles. The average Bonchev–Trinajstić information content (AvgIpc) is 3.09. The number of hydrogen-bond acceptors (Lipinski definition) is 3. The Hall–Kier alpha value is -2.83.